The molecule has 3 heteroatoms. The molecule has 110 valence electrons. The summed E-state index contributed by atoms with van der Waals surface area (Å²) in [5.74, 6) is 3.98. The van der Waals surface area contributed by atoms with Crippen LogP contribution in [0.3, 0.4) is 0 Å². The highest BCUT2D eigenvalue weighted by molar-refractivity contribution is 5.33. The van der Waals surface area contributed by atoms with Crippen LogP contribution in [-0.2, 0) is 6.54 Å². The molecule has 1 unspecified atom stereocenters. The molecule has 3 nitrogen and oxygen atoms in total. The fraction of sp³-hybridized carbons (Fsp3) is 0.529. The number of terminal acetylenes is 1. The van der Waals surface area contributed by atoms with E-state index in [0.717, 1.165) is 24.4 Å². The maximum absolute atomic E-state index is 5.55. The smallest absolute Gasteiger partial charge is 0.148 e. The lowest BCUT2D eigenvalue weighted by atomic mass is 10.0. The molecule has 0 heterocycles. The van der Waals surface area contributed by atoms with Crippen molar-refractivity contribution in [3.63, 3.8) is 0 Å². The summed E-state index contributed by atoms with van der Waals surface area (Å²) >= 11 is 0. The molecule has 0 saturated heterocycles. The van der Waals surface area contributed by atoms with Gasteiger partial charge in [0.15, 0.2) is 0 Å². The van der Waals surface area contributed by atoms with E-state index in [-0.39, 0.29) is 0 Å². The second kappa shape index (κ2) is 8.63. The molecule has 1 rings (SSSR count). The molecule has 0 amide bonds. The number of nitrogens with one attached hydrogen (secondary N) is 1. The highest BCUT2D eigenvalue weighted by atomic mass is 16.5. The van der Waals surface area contributed by atoms with Crippen molar-refractivity contribution < 1.29 is 4.74 Å². The molecule has 1 N–H and O–H groups in total. The van der Waals surface area contributed by atoms with Crippen LogP contribution in [-0.4, -0.2) is 38.2 Å². The Morgan fingerprint density at radius 3 is 2.60 bits per heavy atom. The van der Waals surface area contributed by atoms with Crippen LogP contribution in [0.15, 0.2) is 24.3 Å². The number of rotatable bonds is 8. The second-order valence-corrected chi connectivity index (χ2v) is 5.51. The van der Waals surface area contributed by atoms with Crippen molar-refractivity contribution in [2.75, 3.05) is 27.2 Å². The highest BCUT2D eigenvalue weighted by Gasteiger charge is 2.15. The summed E-state index contributed by atoms with van der Waals surface area (Å²) in [5, 5.41) is 3.51. The second-order valence-electron chi connectivity index (χ2n) is 5.51. The van der Waals surface area contributed by atoms with Crippen LogP contribution in [0.25, 0.3) is 0 Å². The normalized spacial score (nSPS) is 12.4. The lowest BCUT2D eigenvalue weighted by Gasteiger charge is -2.28. The van der Waals surface area contributed by atoms with Gasteiger partial charge in [0.25, 0.3) is 0 Å². The fourth-order valence-corrected chi connectivity index (χ4v) is 2.28. The maximum Gasteiger partial charge on any atom is 0.148 e. The number of para-hydroxylation sites is 1. The van der Waals surface area contributed by atoms with Crippen LogP contribution in [0.5, 0.6) is 5.75 Å². The monoisotopic (exact) mass is 274 g/mol. The molecule has 0 aliphatic heterocycles. The quantitative estimate of drug-likeness (QED) is 0.737. The highest BCUT2D eigenvalue weighted by Crippen LogP contribution is 2.17. The molecule has 1 atom stereocenters. The number of likely N-dealkylation sites (N-methyl/N-ethyl adjacent to an activating group) is 1. The first-order valence-corrected chi connectivity index (χ1v) is 7.07. The molecule has 0 aromatic heterocycles. The lowest BCUT2D eigenvalue weighted by Crippen LogP contribution is -2.41. The average molecular weight is 274 g/mol. The number of ether oxygens (including phenoxy) is 1. The molecule has 0 aliphatic carbocycles. The zero-order chi connectivity index (χ0) is 15.0. The summed E-state index contributed by atoms with van der Waals surface area (Å²) in [7, 11) is 4.24. The molecule has 1 aromatic rings. The Morgan fingerprint density at radius 1 is 1.30 bits per heavy atom. The van der Waals surface area contributed by atoms with Crippen molar-refractivity contribution in [1.82, 2.24) is 10.2 Å². The summed E-state index contributed by atoms with van der Waals surface area (Å²) in [6, 6.07) is 8.53. The van der Waals surface area contributed by atoms with E-state index in [2.05, 4.69) is 50.1 Å². The first kappa shape index (κ1) is 16.6. The summed E-state index contributed by atoms with van der Waals surface area (Å²) in [6.07, 6.45) is 5.24. The van der Waals surface area contributed by atoms with Gasteiger partial charge < -0.3 is 15.0 Å². The Bertz CT molecular complexity index is 427. The zero-order valence-electron chi connectivity index (χ0n) is 13.0. The van der Waals surface area contributed by atoms with E-state index in [1.54, 1.807) is 0 Å². The molecule has 0 bridgehead atoms. The zero-order valence-corrected chi connectivity index (χ0v) is 13.0. The Kier molecular flexibility index (Phi) is 7.14. The van der Waals surface area contributed by atoms with Crippen molar-refractivity contribution in [2.45, 2.75) is 26.4 Å². The number of benzene rings is 1. The van der Waals surface area contributed by atoms with Gasteiger partial charge in [-0.1, -0.05) is 38.0 Å². The number of hydrogen-bond acceptors (Lipinski definition) is 3. The van der Waals surface area contributed by atoms with Crippen LogP contribution < -0.4 is 10.1 Å². The van der Waals surface area contributed by atoms with Gasteiger partial charge in [0.05, 0.1) is 0 Å². The topological polar surface area (TPSA) is 24.5 Å². The van der Waals surface area contributed by atoms with Gasteiger partial charge in [-0.05, 0) is 26.1 Å². The van der Waals surface area contributed by atoms with Gasteiger partial charge in [-0.25, -0.2) is 0 Å². The van der Waals surface area contributed by atoms with Gasteiger partial charge in [-0.15, -0.1) is 6.42 Å². The van der Waals surface area contributed by atoms with Crippen LogP contribution in [0.4, 0.5) is 0 Å². The molecule has 1 aromatic carbocycles. The van der Waals surface area contributed by atoms with E-state index in [0.29, 0.717) is 18.6 Å². The minimum Gasteiger partial charge on any atom is -0.481 e. The first-order valence-electron chi connectivity index (χ1n) is 7.07. The third-order valence-electron chi connectivity index (χ3n) is 3.39. The average Bonchev–Trinajstić information content (AvgIpc) is 2.41. The number of nitrogens with zero attached hydrogens (tertiary/aromatic N) is 1. The Labute approximate surface area is 123 Å². The summed E-state index contributed by atoms with van der Waals surface area (Å²) in [6.45, 7) is 6.54. The van der Waals surface area contributed by atoms with Gasteiger partial charge >= 0.3 is 0 Å². The molecular formula is C17H26N2O. The largest absolute Gasteiger partial charge is 0.481 e. The summed E-state index contributed by atoms with van der Waals surface area (Å²) in [5.41, 5.74) is 1.14. The van der Waals surface area contributed by atoms with E-state index < -0.39 is 0 Å². The van der Waals surface area contributed by atoms with Crippen LogP contribution in [0.1, 0.15) is 19.4 Å². The van der Waals surface area contributed by atoms with E-state index in [9.17, 15) is 0 Å². The molecule has 0 radical (unpaired) electrons. The third kappa shape index (κ3) is 5.24. The Balaban J connectivity index is 2.55. The maximum atomic E-state index is 5.55. The molecular weight excluding hydrogens is 248 g/mol. The molecule has 0 spiro atoms. The lowest BCUT2D eigenvalue weighted by molar-refractivity contribution is 0.224. The fourth-order valence-electron chi connectivity index (χ4n) is 2.28. The Morgan fingerprint density at radius 2 is 2.00 bits per heavy atom. The first-order chi connectivity index (χ1) is 9.56. The summed E-state index contributed by atoms with van der Waals surface area (Å²) in [4.78, 5) is 2.26. The number of hydrogen-bond donors (Lipinski definition) is 1. The van der Waals surface area contributed by atoms with Gasteiger partial charge in [0.2, 0.25) is 0 Å². The van der Waals surface area contributed by atoms with E-state index in [1.165, 1.54) is 0 Å². The molecule has 0 saturated carbocycles. The Hall–Kier alpha value is -1.50. The van der Waals surface area contributed by atoms with Gasteiger partial charge in [-0.2, -0.15) is 0 Å². The molecule has 0 aliphatic rings. The van der Waals surface area contributed by atoms with E-state index in [4.69, 9.17) is 11.2 Å². The van der Waals surface area contributed by atoms with Gasteiger partial charge in [0, 0.05) is 24.7 Å². The third-order valence-corrected chi connectivity index (χ3v) is 3.39. The minimum atomic E-state index is 0.309. The van der Waals surface area contributed by atoms with Crippen molar-refractivity contribution in [1.29, 1.82) is 0 Å². The SMILES string of the molecule is C#CCOc1ccccc1CNCC(C(C)C)N(C)C. The standard InChI is InChI=1S/C17H26N2O/c1-6-11-20-17-10-8-7-9-15(17)12-18-13-16(14(2)3)19(4)5/h1,7-10,14,16,18H,11-13H2,2-5H3. The molecule has 0 fully saturated rings. The van der Waals surface area contributed by atoms with Gasteiger partial charge in [-0.3, -0.25) is 0 Å². The minimum absolute atomic E-state index is 0.309. The van der Waals surface area contributed by atoms with Crippen molar-refractivity contribution in [2.24, 2.45) is 5.92 Å². The van der Waals surface area contributed by atoms with Gasteiger partial charge in [0.1, 0.15) is 12.4 Å². The van der Waals surface area contributed by atoms with E-state index in [1.807, 2.05) is 18.2 Å². The summed E-state index contributed by atoms with van der Waals surface area (Å²) < 4.78 is 5.55. The van der Waals surface area contributed by atoms with Crippen molar-refractivity contribution >= 4 is 0 Å². The van der Waals surface area contributed by atoms with Crippen LogP contribution in [0.2, 0.25) is 0 Å². The predicted octanol–water partition coefficient (Wildman–Crippen LogP) is 2.37. The van der Waals surface area contributed by atoms with Crippen molar-refractivity contribution in [3.8, 4) is 18.1 Å². The van der Waals surface area contributed by atoms with Crippen LogP contribution >= 0.6 is 0 Å². The van der Waals surface area contributed by atoms with E-state index >= 15 is 0 Å². The predicted molar refractivity (Wildman–Crippen MR) is 84.8 cm³/mol. The van der Waals surface area contributed by atoms with Crippen LogP contribution in [0, 0.1) is 18.3 Å². The molecule has 20 heavy (non-hydrogen) atoms. The van der Waals surface area contributed by atoms with Crippen molar-refractivity contribution in [3.05, 3.63) is 29.8 Å².